The van der Waals surface area contributed by atoms with Crippen LogP contribution in [0.1, 0.15) is 47.2 Å². The quantitative estimate of drug-likeness (QED) is 0.620. The molecule has 150 valence electrons. The summed E-state index contributed by atoms with van der Waals surface area (Å²) in [5.74, 6) is -0.627. The van der Waals surface area contributed by atoms with Crippen molar-refractivity contribution in [3.8, 4) is 0 Å². The summed E-state index contributed by atoms with van der Waals surface area (Å²) < 4.78 is 14.4. The molecule has 28 heavy (non-hydrogen) atoms. The fourth-order valence-corrected chi connectivity index (χ4v) is 4.43. The molecule has 1 aromatic carbocycles. The van der Waals surface area contributed by atoms with Gasteiger partial charge in [0.15, 0.2) is 0 Å². The lowest BCUT2D eigenvalue weighted by Gasteiger charge is -2.41. The number of halogens is 1. The number of amides is 3. The summed E-state index contributed by atoms with van der Waals surface area (Å²) in [5.41, 5.74) is 6.71. The van der Waals surface area contributed by atoms with Crippen molar-refractivity contribution in [2.24, 2.45) is 11.7 Å². The highest BCUT2D eigenvalue weighted by Gasteiger charge is 2.43. The van der Waals surface area contributed by atoms with Crippen molar-refractivity contribution in [1.82, 2.24) is 15.5 Å². The van der Waals surface area contributed by atoms with Crippen LogP contribution >= 0.6 is 0 Å². The maximum Gasteiger partial charge on any atom is 0.255 e. The van der Waals surface area contributed by atoms with Crippen LogP contribution in [0.15, 0.2) is 18.2 Å². The Morgan fingerprint density at radius 1 is 1.29 bits per heavy atom. The fourth-order valence-electron chi connectivity index (χ4n) is 4.43. The smallest absolute Gasteiger partial charge is 0.255 e. The molecule has 8 heteroatoms. The topological polar surface area (TPSA) is 105 Å². The van der Waals surface area contributed by atoms with Gasteiger partial charge >= 0.3 is 0 Å². The number of imide groups is 1. The molecule has 4 rings (SSSR count). The lowest BCUT2D eigenvalue weighted by molar-refractivity contribution is -0.136. The number of benzene rings is 1. The van der Waals surface area contributed by atoms with Crippen molar-refractivity contribution in [3.05, 3.63) is 34.9 Å². The second kappa shape index (κ2) is 7.25. The van der Waals surface area contributed by atoms with Gasteiger partial charge in [0, 0.05) is 31.6 Å². The van der Waals surface area contributed by atoms with Crippen LogP contribution in [0.5, 0.6) is 0 Å². The van der Waals surface area contributed by atoms with Crippen LogP contribution in [0.2, 0.25) is 0 Å². The van der Waals surface area contributed by atoms with Gasteiger partial charge in [-0.3, -0.25) is 19.7 Å². The maximum atomic E-state index is 14.4. The summed E-state index contributed by atoms with van der Waals surface area (Å²) in [6.45, 7) is 1.64. The molecule has 2 fully saturated rings. The monoisotopic (exact) mass is 388 g/mol. The van der Waals surface area contributed by atoms with E-state index in [1.54, 1.807) is 0 Å². The Hall–Kier alpha value is -2.32. The predicted molar refractivity (Wildman–Crippen MR) is 99.8 cm³/mol. The largest absolute Gasteiger partial charge is 0.330 e. The van der Waals surface area contributed by atoms with Crippen molar-refractivity contribution in [2.45, 2.75) is 50.5 Å². The molecule has 0 spiro atoms. The minimum absolute atomic E-state index is 0.196. The first-order valence-electron chi connectivity index (χ1n) is 9.75. The van der Waals surface area contributed by atoms with E-state index in [1.165, 1.54) is 4.90 Å². The lowest BCUT2D eigenvalue weighted by Crippen LogP contribution is -2.52. The number of carbonyl (C=O) groups is 3. The van der Waals surface area contributed by atoms with Gasteiger partial charge < -0.3 is 16.0 Å². The Labute approximate surface area is 162 Å². The number of fused-ring (bicyclic) bond motifs is 1. The van der Waals surface area contributed by atoms with Gasteiger partial charge in [0.2, 0.25) is 11.8 Å². The number of nitrogens with two attached hydrogens (primary N) is 1. The minimum Gasteiger partial charge on any atom is -0.330 e. The number of nitrogens with zero attached hydrogens (tertiary/aromatic N) is 1. The van der Waals surface area contributed by atoms with Crippen molar-refractivity contribution in [1.29, 1.82) is 0 Å². The van der Waals surface area contributed by atoms with Gasteiger partial charge in [-0.25, -0.2) is 4.39 Å². The molecule has 1 aliphatic carbocycles. The van der Waals surface area contributed by atoms with E-state index >= 15 is 0 Å². The minimum atomic E-state index is -1.18. The van der Waals surface area contributed by atoms with E-state index in [2.05, 4.69) is 10.6 Å². The van der Waals surface area contributed by atoms with E-state index in [1.807, 2.05) is 18.2 Å². The molecule has 1 saturated carbocycles. The normalized spacial score (nSPS) is 29.5. The Morgan fingerprint density at radius 2 is 2.07 bits per heavy atom. The third-order valence-corrected chi connectivity index (χ3v) is 6.01. The Balaban J connectivity index is 1.36. The predicted octanol–water partition coefficient (Wildman–Crippen LogP) is 0.614. The first-order valence-corrected chi connectivity index (χ1v) is 9.75. The SMILES string of the molecule is NCC1CC(F)(CNCc2ccc3c(c2)C(=O)N(C2CCC(=O)NC2=O)C3)C1. The molecule has 0 aromatic heterocycles. The molecule has 3 aliphatic rings. The van der Waals surface area contributed by atoms with Crippen LogP contribution in [-0.2, 0) is 22.7 Å². The molecule has 7 nitrogen and oxygen atoms in total. The molecule has 1 atom stereocenters. The van der Waals surface area contributed by atoms with E-state index in [0.29, 0.717) is 44.5 Å². The first kappa shape index (κ1) is 19.0. The third kappa shape index (κ3) is 3.54. The number of carbonyl (C=O) groups excluding carboxylic acids is 3. The van der Waals surface area contributed by atoms with E-state index < -0.39 is 17.6 Å². The van der Waals surface area contributed by atoms with Crippen LogP contribution in [-0.4, -0.2) is 47.4 Å². The van der Waals surface area contributed by atoms with E-state index in [0.717, 1.165) is 11.1 Å². The number of nitrogens with one attached hydrogen (secondary N) is 2. The summed E-state index contributed by atoms with van der Waals surface area (Å²) in [6.07, 6.45) is 1.59. The Morgan fingerprint density at radius 3 is 2.79 bits per heavy atom. The number of hydrogen-bond donors (Lipinski definition) is 3. The van der Waals surface area contributed by atoms with Gasteiger partial charge in [-0.1, -0.05) is 12.1 Å². The van der Waals surface area contributed by atoms with Crippen molar-refractivity contribution < 1.29 is 18.8 Å². The van der Waals surface area contributed by atoms with Gasteiger partial charge in [0.05, 0.1) is 0 Å². The summed E-state index contributed by atoms with van der Waals surface area (Å²) in [4.78, 5) is 37.8. The lowest BCUT2D eigenvalue weighted by atomic mass is 9.72. The molecule has 4 N–H and O–H groups in total. The highest BCUT2D eigenvalue weighted by Crippen LogP contribution is 2.40. The fraction of sp³-hybridized carbons (Fsp3) is 0.550. The highest BCUT2D eigenvalue weighted by atomic mass is 19.1. The van der Waals surface area contributed by atoms with Crippen LogP contribution in [0.3, 0.4) is 0 Å². The van der Waals surface area contributed by atoms with Crippen molar-refractivity contribution in [3.63, 3.8) is 0 Å². The zero-order valence-electron chi connectivity index (χ0n) is 15.7. The Kier molecular flexibility index (Phi) is 4.93. The standard InChI is InChI=1S/C20H25FN4O3/c21-20(6-13(7-20)8-22)11-23-9-12-1-2-14-10-25(19(28)15(14)5-12)16-3-4-17(26)24-18(16)27/h1-2,5,13,16,23H,3-4,6-11,22H2,(H,24,26,27). The molecule has 2 heterocycles. The average molecular weight is 388 g/mol. The zero-order valence-corrected chi connectivity index (χ0v) is 15.7. The van der Waals surface area contributed by atoms with Crippen LogP contribution in [0, 0.1) is 5.92 Å². The van der Waals surface area contributed by atoms with E-state index in [-0.39, 0.29) is 30.7 Å². The summed E-state index contributed by atoms with van der Waals surface area (Å²) in [6, 6.07) is 5.00. The summed E-state index contributed by atoms with van der Waals surface area (Å²) in [7, 11) is 0. The van der Waals surface area contributed by atoms with Gasteiger partial charge in [0.1, 0.15) is 11.7 Å². The molecule has 1 unspecified atom stereocenters. The Bertz CT molecular complexity index is 822. The van der Waals surface area contributed by atoms with Gasteiger partial charge in [-0.05, 0) is 48.9 Å². The number of hydrogen-bond acceptors (Lipinski definition) is 5. The van der Waals surface area contributed by atoms with Crippen LogP contribution < -0.4 is 16.4 Å². The highest BCUT2D eigenvalue weighted by molar-refractivity contribution is 6.05. The molecule has 1 aromatic rings. The van der Waals surface area contributed by atoms with Crippen molar-refractivity contribution >= 4 is 17.7 Å². The molecule has 3 amide bonds. The molecule has 1 saturated heterocycles. The number of rotatable bonds is 6. The third-order valence-electron chi connectivity index (χ3n) is 6.01. The molecular weight excluding hydrogens is 363 g/mol. The summed E-state index contributed by atoms with van der Waals surface area (Å²) >= 11 is 0. The molecule has 0 bridgehead atoms. The van der Waals surface area contributed by atoms with E-state index in [9.17, 15) is 18.8 Å². The second-order valence-corrected chi connectivity index (χ2v) is 8.16. The zero-order chi connectivity index (χ0) is 19.9. The second-order valence-electron chi connectivity index (χ2n) is 8.16. The molecule has 0 radical (unpaired) electrons. The number of alkyl halides is 1. The number of piperidine rings is 1. The molecule has 2 aliphatic heterocycles. The van der Waals surface area contributed by atoms with Crippen LogP contribution in [0.25, 0.3) is 0 Å². The first-order chi connectivity index (χ1) is 13.4. The van der Waals surface area contributed by atoms with Gasteiger partial charge in [-0.15, -0.1) is 0 Å². The van der Waals surface area contributed by atoms with Gasteiger partial charge in [0.25, 0.3) is 5.91 Å². The van der Waals surface area contributed by atoms with Crippen LogP contribution in [0.4, 0.5) is 4.39 Å². The van der Waals surface area contributed by atoms with E-state index in [4.69, 9.17) is 5.73 Å². The maximum absolute atomic E-state index is 14.4. The van der Waals surface area contributed by atoms with Crippen molar-refractivity contribution in [2.75, 3.05) is 13.1 Å². The van der Waals surface area contributed by atoms with Gasteiger partial charge in [-0.2, -0.15) is 0 Å². The average Bonchev–Trinajstić information content (AvgIpc) is 2.96. The summed E-state index contributed by atoms with van der Waals surface area (Å²) in [5, 5.41) is 5.44. The molecular formula is C20H25FN4O3.